The lowest BCUT2D eigenvalue weighted by molar-refractivity contribution is 0.102. The molecule has 8 nitrogen and oxygen atoms in total. The third kappa shape index (κ3) is 4.61. The number of hydrogen-bond donors (Lipinski definition) is 3. The van der Waals surface area contributed by atoms with Gasteiger partial charge in [0.15, 0.2) is 5.16 Å². The Morgan fingerprint density at radius 3 is 2.52 bits per heavy atom. The molecule has 3 aromatic rings. The third-order valence-electron chi connectivity index (χ3n) is 2.83. The zero-order valence-corrected chi connectivity index (χ0v) is 14.3. The van der Waals surface area contributed by atoms with E-state index in [-0.39, 0.29) is 22.5 Å². The normalized spacial score (nSPS) is 10.6. The van der Waals surface area contributed by atoms with Crippen LogP contribution in [-0.2, 0) is 5.75 Å². The van der Waals surface area contributed by atoms with Gasteiger partial charge in [0.05, 0.1) is 5.75 Å². The van der Waals surface area contributed by atoms with Gasteiger partial charge in [0.25, 0.3) is 5.91 Å². The van der Waals surface area contributed by atoms with Crippen LogP contribution in [0.3, 0.4) is 0 Å². The fourth-order valence-electron chi connectivity index (χ4n) is 1.77. The molecule has 3 rings (SSSR count). The second-order valence-electron chi connectivity index (χ2n) is 4.75. The Hall–Kier alpha value is -2.79. The Morgan fingerprint density at radius 2 is 1.84 bits per heavy atom. The van der Waals surface area contributed by atoms with Crippen molar-refractivity contribution in [1.82, 2.24) is 20.2 Å². The molecule has 0 saturated carbocycles. The molecule has 25 heavy (non-hydrogen) atoms. The summed E-state index contributed by atoms with van der Waals surface area (Å²) in [6, 6.07) is 6.91. The minimum atomic E-state index is -0.412. The summed E-state index contributed by atoms with van der Waals surface area (Å²) in [6.45, 7) is 0. The predicted molar refractivity (Wildman–Crippen MR) is 94.7 cm³/mol. The lowest BCUT2D eigenvalue weighted by Crippen LogP contribution is -2.11. The molecule has 5 N–H and O–H groups in total. The molecule has 0 saturated heterocycles. The van der Waals surface area contributed by atoms with E-state index >= 15 is 0 Å². The molecule has 2 heterocycles. The van der Waals surface area contributed by atoms with E-state index in [1.165, 1.54) is 42.1 Å². The highest BCUT2D eigenvalue weighted by molar-refractivity contribution is 7.98. The maximum absolute atomic E-state index is 12.9. The largest absolute Gasteiger partial charge is 0.383 e. The van der Waals surface area contributed by atoms with Crippen molar-refractivity contribution in [3.8, 4) is 0 Å². The molecular weight excluding hydrogens is 365 g/mol. The van der Waals surface area contributed by atoms with Crippen LogP contribution >= 0.6 is 23.1 Å². The number of rotatable bonds is 5. The highest BCUT2D eigenvalue weighted by Crippen LogP contribution is 2.23. The van der Waals surface area contributed by atoms with E-state index in [1.54, 1.807) is 0 Å². The summed E-state index contributed by atoms with van der Waals surface area (Å²) in [5, 5.41) is 11.7. The first-order valence-corrected chi connectivity index (χ1v) is 8.72. The number of hydrogen-bond acceptors (Lipinski definition) is 9. The van der Waals surface area contributed by atoms with Gasteiger partial charge < -0.3 is 16.8 Å². The molecule has 0 aliphatic heterocycles. The van der Waals surface area contributed by atoms with Crippen LogP contribution in [0.4, 0.5) is 21.7 Å². The SMILES string of the molecule is Nc1cc(N)nc(SCc2nnc(C(=O)Nc3ccc(F)cc3)s2)n1. The van der Waals surface area contributed by atoms with Crippen molar-refractivity contribution in [2.24, 2.45) is 0 Å². The number of nitrogens with two attached hydrogens (primary N) is 2. The first-order chi connectivity index (χ1) is 12.0. The lowest BCUT2D eigenvalue weighted by Gasteiger charge is -2.01. The summed E-state index contributed by atoms with van der Waals surface area (Å²) in [4.78, 5) is 20.2. The van der Waals surface area contributed by atoms with Crippen LogP contribution < -0.4 is 16.8 Å². The fraction of sp³-hybridized carbons (Fsp3) is 0.0714. The molecule has 1 amide bonds. The van der Waals surface area contributed by atoms with E-state index < -0.39 is 5.91 Å². The van der Waals surface area contributed by atoms with Crippen LogP contribution in [0.1, 0.15) is 14.8 Å². The van der Waals surface area contributed by atoms with Crippen molar-refractivity contribution in [2.75, 3.05) is 16.8 Å². The van der Waals surface area contributed by atoms with Crippen LogP contribution in [0.2, 0.25) is 0 Å². The summed E-state index contributed by atoms with van der Waals surface area (Å²) >= 11 is 2.43. The fourth-order valence-corrected chi connectivity index (χ4v) is 3.37. The summed E-state index contributed by atoms with van der Waals surface area (Å²) in [5.74, 6) is 0.199. The molecule has 0 radical (unpaired) electrons. The van der Waals surface area contributed by atoms with Crippen molar-refractivity contribution in [3.63, 3.8) is 0 Å². The minimum Gasteiger partial charge on any atom is -0.383 e. The van der Waals surface area contributed by atoms with Gasteiger partial charge >= 0.3 is 0 Å². The Balaban J connectivity index is 1.61. The van der Waals surface area contributed by atoms with Gasteiger partial charge in [-0.1, -0.05) is 23.1 Å². The molecule has 0 aliphatic carbocycles. The number of thioether (sulfide) groups is 1. The van der Waals surface area contributed by atoms with Gasteiger partial charge in [0, 0.05) is 11.8 Å². The van der Waals surface area contributed by atoms with Crippen LogP contribution in [0.15, 0.2) is 35.5 Å². The average molecular weight is 377 g/mol. The number of amides is 1. The summed E-state index contributed by atoms with van der Waals surface area (Å²) in [6.07, 6.45) is 0. The van der Waals surface area contributed by atoms with Crippen LogP contribution in [0, 0.1) is 5.82 Å². The highest BCUT2D eigenvalue weighted by Gasteiger charge is 2.14. The Bertz CT molecular complexity index is 880. The standard InChI is InChI=1S/C14H12FN7OS2/c15-7-1-3-8(4-2-7)18-12(23)13-22-21-11(25-13)6-24-14-19-9(16)5-10(17)20-14/h1-5H,6H2,(H,18,23)(H4,16,17,19,20). The zero-order valence-electron chi connectivity index (χ0n) is 12.6. The molecular formula is C14H12FN7OS2. The van der Waals surface area contributed by atoms with Crippen LogP contribution in [0.5, 0.6) is 0 Å². The van der Waals surface area contributed by atoms with Crippen molar-refractivity contribution in [2.45, 2.75) is 10.9 Å². The predicted octanol–water partition coefficient (Wildman–Crippen LogP) is 2.18. The van der Waals surface area contributed by atoms with Gasteiger partial charge in [-0.15, -0.1) is 10.2 Å². The Labute approximate surface area is 149 Å². The maximum atomic E-state index is 12.9. The van der Waals surface area contributed by atoms with Gasteiger partial charge in [-0.25, -0.2) is 14.4 Å². The molecule has 0 atom stereocenters. The number of nitrogens with zero attached hydrogens (tertiary/aromatic N) is 4. The topological polar surface area (TPSA) is 133 Å². The number of carbonyl (C=O) groups excluding carboxylic acids is 1. The zero-order chi connectivity index (χ0) is 17.8. The number of carbonyl (C=O) groups is 1. The smallest absolute Gasteiger partial charge is 0.286 e. The molecule has 0 unspecified atom stereocenters. The first-order valence-electron chi connectivity index (χ1n) is 6.92. The Morgan fingerprint density at radius 1 is 1.16 bits per heavy atom. The molecule has 11 heteroatoms. The highest BCUT2D eigenvalue weighted by atomic mass is 32.2. The van der Waals surface area contributed by atoms with Crippen molar-refractivity contribution in [3.05, 3.63) is 46.2 Å². The molecule has 1 aromatic carbocycles. The van der Waals surface area contributed by atoms with Gasteiger partial charge in [0.1, 0.15) is 22.5 Å². The number of nitrogen functional groups attached to an aromatic ring is 2. The second kappa shape index (κ2) is 7.40. The summed E-state index contributed by atoms with van der Waals surface area (Å²) < 4.78 is 12.9. The molecule has 2 aromatic heterocycles. The number of nitrogens with one attached hydrogen (secondary N) is 1. The average Bonchev–Trinajstić information content (AvgIpc) is 3.03. The van der Waals surface area contributed by atoms with E-state index in [0.29, 0.717) is 21.6 Å². The van der Waals surface area contributed by atoms with Crippen LogP contribution in [0.25, 0.3) is 0 Å². The first kappa shape index (κ1) is 17.0. The van der Waals surface area contributed by atoms with Gasteiger partial charge in [0.2, 0.25) is 5.01 Å². The van der Waals surface area contributed by atoms with E-state index in [1.807, 2.05) is 0 Å². The second-order valence-corrected chi connectivity index (χ2v) is 6.76. The van der Waals surface area contributed by atoms with Crippen molar-refractivity contribution < 1.29 is 9.18 Å². The van der Waals surface area contributed by atoms with Crippen LogP contribution in [-0.4, -0.2) is 26.1 Å². The summed E-state index contributed by atoms with van der Waals surface area (Å²) in [5.41, 5.74) is 11.7. The quantitative estimate of drug-likeness (QED) is 0.455. The monoisotopic (exact) mass is 377 g/mol. The van der Waals surface area contributed by atoms with E-state index in [4.69, 9.17) is 11.5 Å². The maximum Gasteiger partial charge on any atom is 0.286 e. The minimum absolute atomic E-state index is 0.202. The Kier molecular flexibility index (Phi) is 5.05. The molecule has 0 aliphatic rings. The van der Waals surface area contributed by atoms with E-state index in [2.05, 4.69) is 25.5 Å². The number of benzene rings is 1. The van der Waals surface area contributed by atoms with E-state index in [0.717, 1.165) is 11.3 Å². The number of anilines is 3. The van der Waals surface area contributed by atoms with Crippen molar-refractivity contribution in [1.29, 1.82) is 0 Å². The summed E-state index contributed by atoms with van der Waals surface area (Å²) in [7, 11) is 0. The lowest BCUT2D eigenvalue weighted by atomic mass is 10.3. The van der Waals surface area contributed by atoms with Crippen molar-refractivity contribution >= 4 is 46.3 Å². The van der Waals surface area contributed by atoms with E-state index in [9.17, 15) is 9.18 Å². The molecule has 128 valence electrons. The number of aromatic nitrogens is 4. The third-order valence-corrected chi connectivity index (χ3v) is 4.80. The van der Waals surface area contributed by atoms with Gasteiger partial charge in [-0.05, 0) is 24.3 Å². The molecule has 0 spiro atoms. The molecule has 0 bridgehead atoms. The molecule has 0 fully saturated rings. The van der Waals surface area contributed by atoms with Gasteiger partial charge in [-0.2, -0.15) is 0 Å². The van der Waals surface area contributed by atoms with Gasteiger partial charge in [-0.3, -0.25) is 4.79 Å². The number of halogens is 1.